The molecule has 2 rings (SSSR count). The van der Waals surface area contributed by atoms with Crippen molar-refractivity contribution in [1.29, 1.82) is 0 Å². The molecule has 0 spiro atoms. The number of hydrogen-bond acceptors (Lipinski definition) is 4. The van der Waals surface area contributed by atoms with Crippen molar-refractivity contribution in [3.8, 4) is 0 Å². The van der Waals surface area contributed by atoms with Crippen LogP contribution in [-0.2, 0) is 6.54 Å². The fourth-order valence-electron chi connectivity index (χ4n) is 2.35. The van der Waals surface area contributed by atoms with E-state index in [9.17, 15) is 0 Å². The maximum Gasteiger partial charge on any atom is 0.181 e. The van der Waals surface area contributed by atoms with E-state index in [1.807, 2.05) is 6.92 Å². The molecule has 1 aromatic heterocycles. The predicted octanol–water partition coefficient (Wildman–Crippen LogP) is 1.54. The lowest BCUT2D eigenvalue weighted by molar-refractivity contribution is 0.111. The lowest BCUT2D eigenvalue weighted by Gasteiger charge is -2.37. The number of piperidine rings is 1. The first-order chi connectivity index (χ1) is 7.70. The minimum absolute atomic E-state index is 0.624. The van der Waals surface area contributed by atoms with Crippen LogP contribution in [0.2, 0.25) is 0 Å². The highest BCUT2D eigenvalue weighted by Crippen LogP contribution is 2.23. The number of rotatable bonds is 3. The third-order valence-electron chi connectivity index (χ3n) is 3.64. The van der Waals surface area contributed by atoms with E-state index in [1.54, 1.807) is 0 Å². The molecule has 0 bridgehead atoms. The Morgan fingerprint density at radius 1 is 1.56 bits per heavy atom. The van der Waals surface area contributed by atoms with E-state index in [1.165, 1.54) is 19.2 Å². The van der Waals surface area contributed by atoms with Crippen molar-refractivity contribution < 1.29 is 4.42 Å². The molecule has 4 heteroatoms. The van der Waals surface area contributed by atoms with Crippen LogP contribution < -0.4 is 5.73 Å². The summed E-state index contributed by atoms with van der Waals surface area (Å²) in [5, 5.41) is 0. The summed E-state index contributed by atoms with van der Waals surface area (Å²) in [6.45, 7) is 7.02. The van der Waals surface area contributed by atoms with Crippen LogP contribution in [0.1, 0.15) is 31.2 Å². The minimum Gasteiger partial charge on any atom is -0.448 e. The molecule has 0 radical (unpaired) electrons. The van der Waals surface area contributed by atoms with Crippen molar-refractivity contribution in [3.05, 3.63) is 17.8 Å². The Labute approximate surface area is 96.8 Å². The summed E-state index contributed by atoms with van der Waals surface area (Å²) >= 11 is 0. The maximum absolute atomic E-state index is 5.75. The van der Waals surface area contributed by atoms with E-state index >= 15 is 0 Å². The molecule has 1 aromatic rings. The number of aryl methyl sites for hydroxylation is 1. The van der Waals surface area contributed by atoms with Crippen LogP contribution >= 0.6 is 0 Å². The van der Waals surface area contributed by atoms with E-state index in [2.05, 4.69) is 16.8 Å². The second-order valence-electron chi connectivity index (χ2n) is 4.81. The number of likely N-dealkylation sites (tertiary alicyclic amines) is 1. The molecule has 0 saturated carbocycles. The van der Waals surface area contributed by atoms with Gasteiger partial charge in [-0.3, -0.25) is 4.90 Å². The van der Waals surface area contributed by atoms with Crippen LogP contribution in [-0.4, -0.2) is 29.0 Å². The molecule has 2 heterocycles. The van der Waals surface area contributed by atoms with Gasteiger partial charge in [0.1, 0.15) is 5.76 Å². The van der Waals surface area contributed by atoms with Gasteiger partial charge in [-0.1, -0.05) is 0 Å². The second kappa shape index (κ2) is 4.97. The normalized spacial score (nSPS) is 27.2. The Kier molecular flexibility index (Phi) is 3.61. The SMILES string of the molecule is Cc1ocnc1CN1CC(CN)CCC1C. The van der Waals surface area contributed by atoms with Crippen molar-refractivity contribution in [2.45, 2.75) is 39.3 Å². The molecule has 0 aliphatic carbocycles. The van der Waals surface area contributed by atoms with Gasteiger partial charge in [-0.15, -0.1) is 0 Å². The summed E-state index contributed by atoms with van der Waals surface area (Å²) in [5.74, 6) is 1.57. The van der Waals surface area contributed by atoms with Crippen LogP contribution in [0.4, 0.5) is 0 Å². The summed E-state index contributed by atoms with van der Waals surface area (Å²) in [4.78, 5) is 6.72. The molecule has 2 N–H and O–H groups in total. The molecule has 0 amide bonds. The number of aromatic nitrogens is 1. The number of hydrogen-bond donors (Lipinski definition) is 1. The summed E-state index contributed by atoms with van der Waals surface area (Å²) in [5.41, 5.74) is 6.81. The molecule has 1 aliphatic rings. The van der Waals surface area contributed by atoms with Gasteiger partial charge in [0.15, 0.2) is 6.39 Å². The summed E-state index contributed by atoms with van der Waals surface area (Å²) < 4.78 is 5.23. The summed E-state index contributed by atoms with van der Waals surface area (Å²) in [6, 6.07) is 0.624. The number of oxazole rings is 1. The molecule has 1 saturated heterocycles. The van der Waals surface area contributed by atoms with Crippen molar-refractivity contribution >= 4 is 0 Å². The summed E-state index contributed by atoms with van der Waals surface area (Å²) in [7, 11) is 0. The molecule has 0 aromatic carbocycles. The van der Waals surface area contributed by atoms with E-state index in [0.29, 0.717) is 12.0 Å². The average molecular weight is 223 g/mol. The Morgan fingerprint density at radius 2 is 2.38 bits per heavy atom. The number of nitrogens with zero attached hydrogens (tertiary/aromatic N) is 2. The van der Waals surface area contributed by atoms with Gasteiger partial charge in [0.05, 0.1) is 5.69 Å². The van der Waals surface area contributed by atoms with Gasteiger partial charge < -0.3 is 10.2 Å². The topological polar surface area (TPSA) is 55.3 Å². The van der Waals surface area contributed by atoms with Crippen molar-refractivity contribution in [1.82, 2.24) is 9.88 Å². The van der Waals surface area contributed by atoms with Crippen molar-refractivity contribution in [2.24, 2.45) is 11.7 Å². The van der Waals surface area contributed by atoms with E-state index in [0.717, 1.165) is 31.1 Å². The highest BCUT2D eigenvalue weighted by atomic mass is 16.3. The average Bonchev–Trinajstić information content (AvgIpc) is 2.68. The Hall–Kier alpha value is -0.870. The van der Waals surface area contributed by atoms with Gasteiger partial charge in [-0.2, -0.15) is 0 Å². The van der Waals surface area contributed by atoms with Crippen LogP contribution in [0.5, 0.6) is 0 Å². The predicted molar refractivity (Wildman–Crippen MR) is 62.9 cm³/mol. The molecular weight excluding hydrogens is 202 g/mol. The Bertz CT molecular complexity index is 337. The highest BCUT2D eigenvalue weighted by molar-refractivity contribution is 5.05. The first-order valence-corrected chi connectivity index (χ1v) is 6.03. The zero-order chi connectivity index (χ0) is 11.5. The zero-order valence-electron chi connectivity index (χ0n) is 10.1. The lowest BCUT2D eigenvalue weighted by atomic mass is 9.93. The van der Waals surface area contributed by atoms with Gasteiger partial charge in [0.2, 0.25) is 0 Å². The van der Waals surface area contributed by atoms with Crippen molar-refractivity contribution in [2.75, 3.05) is 13.1 Å². The molecule has 90 valence electrons. The van der Waals surface area contributed by atoms with E-state index in [4.69, 9.17) is 10.2 Å². The summed E-state index contributed by atoms with van der Waals surface area (Å²) in [6.07, 6.45) is 4.02. The molecule has 2 atom stereocenters. The van der Waals surface area contributed by atoms with Gasteiger partial charge in [-0.05, 0) is 39.2 Å². The molecule has 1 aliphatic heterocycles. The van der Waals surface area contributed by atoms with Gasteiger partial charge >= 0.3 is 0 Å². The fourth-order valence-corrected chi connectivity index (χ4v) is 2.35. The van der Waals surface area contributed by atoms with Crippen LogP contribution in [0, 0.1) is 12.8 Å². The molecule has 2 unspecified atom stereocenters. The van der Waals surface area contributed by atoms with E-state index < -0.39 is 0 Å². The minimum atomic E-state index is 0.624. The monoisotopic (exact) mass is 223 g/mol. The maximum atomic E-state index is 5.75. The molecule has 4 nitrogen and oxygen atoms in total. The zero-order valence-corrected chi connectivity index (χ0v) is 10.1. The first kappa shape index (κ1) is 11.6. The molecular formula is C12H21N3O. The van der Waals surface area contributed by atoms with Gasteiger partial charge in [0, 0.05) is 19.1 Å². The first-order valence-electron chi connectivity index (χ1n) is 6.03. The molecule has 1 fully saturated rings. The van der Waals surface area contributed by atoms with Crippen LogP contribution in [0.25, 0.3) is 0 Å². The van der Waals surface area contributed by atoms with Crippen molar-refractivity contribution in [3.63, 3.8) is 0 Å². The molecule has 16 heavy (non-hydrogen) atoms. The quantitative estimate of drug-likeness (QED) is 0.844. The third-order valence-corrected chi connectivity index (χ3v) is 3.64. The smallest absolute Gasteiger partial charge is 0.181 e. The highest BCUT2D eigenvalue weighted by Gasteiger charge is 2.25. The lowest BCUT2D eigenvalue weighted by Crippen LogP contribution is -2.43. The standard InChI is InChI=1S/C12H21N3O/c1-9-3-4-11(5-13)6-15(9)7-12-10(2)16-8-14-12/h8-9,11H,3-7,13H2,1-2H3. The second-order valence-corrected chi connectivity index (χ2v) is 4.81. The van der Waals surface area contributed by atoms with E-state index in [-0.39, 0.29) is 0 Å². The van der Waals surface area contributed by atoms with Crippen LogP contribution in [0.3, 0.4) is 0 Å². The number of nitrogens with two attached hydrogens (primary N) is 1. The third kappa shape index (κ3) is 2.44. The largest absolute Gasteiger partial charge is 0.448 e. The van der Waals surface area contributed by atoms with Gasteiger partial charge in [0.25, 0.3) is 0 Å². The van der Waals surface area contributed by atoms with Gasteiger partial charge in [-0.25, -0.2) is 4.98 Å². The van der Waals surface area contributed by atoms with Crippen LogP contribution in [0.15, 0.2) is 10.8 Å². The Morgan fingerprint density at radius 3 is 3.00 bits per heavy atom. The Balaban J connectivity index is 1.99. The fraction of sp³-hybridized carbons (Fsp3) is 0.750.